The highest BCUT2D eigenvalue weighted by Crippen LogP contribution is 2.65. The van der Waals surface area contributed by atoms with Crippen molar-refractivity contribution in [2.24, 2.45) is 11.8 Å². The van der Waals surface area contributed by atoms with Crippen LogP contribution in [-0.2, 0) is 23.9 Å². The lowest BCUT2D eigenvalue weighted by Gasteiger charge is -2.40. The Morgan fingerprint density at radius 1 is 1.09 bits per heavy atom. The third-order valence-corrected chi connectivity index (χ3v) is 10.1. The average Bonchev–Trinajstić information content (AvgIpc) is 3.65. The molecule has 2 aromatic carbocycles. The van der Waals surface area contributed by atoms with Crippen molar-refractivity contribution < 1.29 is 29.0 Å². The van der Waals surface area contributed by atoms with Crippen LogP contribution in [0.25, 0.3) is 0 Å². The molecule has 5 rings (SSSR count). The Balaban J connectivity index is 1.63. The van der Waals surface area contributed by atoms with E-state index in [0.29, 0.717) is 31.2 Å². The van der Waals surface area contributed by atoms with E-state index in [1.54, 1.807) is 11.0 Å². The van der Waals surface area contributed by atoms with Crippen LogP contribution in [0.2, 0.25) is 0 Å². The van der Waals surface area contributed by atoms with Gasteiger partial charge >= 0.3 is 5.97 Å². The van der Waals surface area contributed by atoms with Crippen molar-refractivity contribution in [2.45, 2.75) is 82.6 Å². The highest BCUT2D eigenvalue weighted by atomic mass is 16.6. The number of ether oxygens (including phenoxy) is 2. The van der Waals surface area contributed by atoms with Gasteiger partial charge in [0.15, 0.2) is 0 Å². The number of amides is 2. The number of aliphatic hydroxyl groups is 1. The summed E-state index contributed by atoms with van der Waals surface area (Å²) >= 11 is 0. The number of carbonyl (C=O) groups excluding carboxylic acids is 3. The molecule has 1 N–H and O–H groups in total. The molecular formula is C37H46N2O6. The summed E-state index contributed by atoms with van der Waals surface area (Å²) in [5.41, 5.74) is 1.11. The van der Waals surface area contributed by atoms with E-state index in [-0.39, 0.29) is 25.0 Å². The third kappa shape index (κ3) is 5.42. The van der Waals surface area contributed by atoms with E-state index in [1.165, 1.54) is 4.90 Å². The third-order valence-electron chi connectivity index (χ3n) is 10.1. The van der Waals surface area contributed by atoms with Crippen LogP contribution in [0.15, 0.2) is 73.8 Å². The van der Waals surface area contributed by atoms with Crippen LogP contribution in [0.5, 0.6) is 0 Å². The van der Waals surface area contributed by atoms with E-state index in [4.69, 9.17) is 9.47 Å². The van der Waals surface area contributed by atoms with Gasteiger partial charge in [0.25, 0.3) is 5.91 Å². The Kier molecular flexibility index (Phi) is 9.65. The van der Waals surface area contributed by atoms with Gasteiger partial charge in [-0.05, 0) is 69.1 Å². The number of hydrogen-bond donors (Lipinski definition) is 1. The Bertz CT molecular complexity index is 1420. The fourth-order valence-electron chi connectivity index (χ4n) is 8.11. The summed E-state index contributed by atoms with van der Waals surface area (Å²) in [4.78, 5) is 47.0. The van der Waals surface area contributed by atoms with Crippen molar-refractivity contribution in [1.82, 2.24) is 4.90 Å². The lowest BCUT2D eigenvalue weighted by atomic mass is 9.65. The molecule has 2 aromatic rings. The zero-order valence-electron chi connectivity index (χ0n) is 26.7. The van der Waals surface area contributed by atoms with Gasteiger partial charge in [-0.25, -0.2) is 0 Å². The van der Waals surface area contributed by atoms with E-state index in [0.717, 1.165) is 29.7 Å². The normalized spacial score (nSPS) is 27.2. The van der Waals surface area contributed by atoms with Gasteiger partial charge in [0.2, 0.25) is 5.91 Å². The molecule has 3 saturated heterocycles. The highest BCUT2D eigenvalue weighted by Gasteiger charge is 2.79. The lowest BCUT2D eigenvalue weighted by Crippen LogP contribution is -2.57. The van der Waals surface area contributed by atoms with E-state index in [9.17, 15) is 14.7 Å². The topological polar surface area (TPSA) is 96.4 Å². The number of aliphatic hydroxyl groups excluding tert-OH is 1. The number of unbranched alkanes of at least 4 members (excludes halogenated alkanes) is 2. The first kappa shape index (κ1) is 32.6. The average molecular weight is 615 g/mol. The zero-order chi connectivity index (χ0) is 32.4. The van der Waals surface area contributed by atoms with Crippen molar-refractivity contribution in [3.05, 3.63) is 90.5 Å². The maximum Gasteiger partial charge on any atom is 0.312 e. The van der Waals surface area contributed by atoms with Crippen molar-refractivity contribution in [1.29, 1.82) is 0 Å². The molecule has 6 atom stereocenters. The quantitative estimate of drug-likeness (QED) is 0.169. The molecule has 8 heteroatoms. The monoisotopic (exact) mass is 614 g/mol. The van der Waals surface area contributed by atoms with Crippen LogP contribution in [0, 0.1) is 25.7 Å². The maximum atomic E-state index is 15.1. The number of benzene rings is 2. The summed E-state index contributed by atoms with van der Waals surface area (Å²) in [5.74, 6) is -2.90. The van der Waals surface area contributed by atoms with Gasteiger partial charge < -0.3 is 24.4 Å². The Hall–Kier alpha value is -3.75. The number of fused-ring (bicyclic) bond motifs is 1. The smallest absolute Gasteiger partial charge is 0.312 e. The van der Waals surface area contributed by atoms with Crippen LogP contribution >= 0.6 is 0 Å². The second-order valence-electron chi connectivity index (χ2n) is 12.6. The van der Waals surface area contributed by atoms with Crippen molar-refractivity contribution in [3.63, 3.8) is 0 Å². The number of rotatable bonds is 14. The molecule has 3 heterocycles. The molecule has 2 unspecified atom stereocenters. The number of likely N-dealkylation sites (tertiary alicyclic amines) is 1. The van der Waals surface area contributed by atoms with Crippen LogP contribution < -0.4 is 4.90 Å². The van der Waals surface area contributed by atoms with Crippen LogP contribution in [-0.4, -0.2) is 64.8 Å². The predicted molar refractivity (Wildman–Crippen MR) is 173 cm³/mol. The fourth-order valence-corrected chi connectivity index (χ4v) is 8.11. The fraction of sp³-hybridized carbons (Fsp3) is 0.486. The minimum Gasteiger partial charge on any atom is -0.465 e. The summed E-state index contributed by atoms with van der Waals surface area (Å²) in [5, 5.41) is 10.8. The minimum atomic E-state index is -1.26. The van der Waals surface area contributed by atoms with Crippen molar-refractivity contribution in [2.75, 3.05) is 24.7 Å². The van der Waals surface area contributed by atoms with E-state index in [1.807, 2.05) is 75.4 Å². The summed E-state index contributed by atoms with van der Waals surface area (Å²) < 4.78 is 12.8. The maximum absolute atomic E-state index is 15.1. The lowest BCUT2D eigenvalue weighted by molar-refractivity contribution is -0.162. The molecule has 2 bridgehead atoms. The molecule has 3 fully saturated rings. The van der Waals surface area contributed by atoms with Gasteiger partial charge in [-0.2, -0.15) is 0 Å². The van der Waals surface area contributed by atoms with Gasteiger partial charge in [0.05, 0.1) is 30.8 Å². The van der Waals surface area contributed by atoms with Crippen molar-refractivity contribution in [3.8, 4) is 0 Å². The number of para-hydroxylation sites is 1. The minimum absolute atomic E-state index is 0.216. The molecule has 2 amide bonds. The van der Waals surface area contributed by atoms with Gasteiger partial charge in [-0.1, -0.05) is 67.6 Å². The molecule has 45 heavy (non-hydrogen) atoms. The van der Waals surface area contributed by atoms with E-state index in [2.05, 4.69) is 13.2 Å². The van der Waals surface area contributed by atoms with E-state index < -0.39 is 47.7 Å². The number of allylic oxidation sites excluding steroid dienone is 1. The summed E-state index contributed by atoms with van der Waals surface area (Å²) in [6.45, 7) is 13.6. The summed E-state index contributed by atoms with van der Waals surface area (Å²) in [6, 6.07) is 13.2. The standard InChI is InChI=1S/C37H46N2O6/c1-6-9-10-14-23-44-35(43)30-29-33(41)39(28(24-40)27-18-12-11-13-19-27)32(37(29)21-20-36(30,8-3)45-37)34(42)38(22-7-2)31-25(4)16-15-17-26(31)5/h6-7,11-13,15-19,28-30,32,40H,1-2,8-10,14,20-24H2,3-5H3/t28-,29+,30+,32?,36-,37?/m1/s1. The SMILES string of the molecule is C=CCCCCOC(=O)[C@@H]1[C@H]2C(=O)N([C@H](CO)c3ccccc3)C(C(=O)N(CC=C)c3c(C)cccc3C)C23CC[C@@]1(CC)O3. The van der Waals surface area contributed by atoms with E-state index >= 15 is 4.79 Å². The van der Waals surface area contributed by atoms with Gasteiger partial charge in [0, 0.05) is 12.2 Å². The highest BCUT2D eigenvalue weighted by molar-refractivity contribution is 6.05. The molecule has 8 nitrogen and oxygen atoms in total. The molecule has 0 radical (unpaired) electrons. The Morgan fingerprint density at radius 2 is 1.80 bits per heavy atom. The molecule has 3 aliphatic rings. The predicted octanol–water partition coefficient (Wildman–Crippen LogP) is 5.61. The molecule has 240 valence electrons. The molecule has 3 aliphatic heterocycles. The number of hydrogen-bond acceptors (Lipinski definition) is 6. The second-order valence-corrected chi connectivity index (χ2v) is 12.6. The molecule has 0 saturated carbocycles. The number of nitrogens with zero attached hydrogens (tertiary/aromatic N) is 2. The second kappa shape index (κ2) is 13.3. The van der Waals surface area contributed by atoms with Crippen LogP contribution in [0.4, 0.5) is 5.69 Å². The van der Waals surface area contributed by atoms with Crippen LogP contribution in [0.1, 0.15) is 68.2 Å². The van der Waals surface area contributed by atoms with Crippen LogP contribution in [0.3, 0.4) is 0 Å². The molecule has 0 aliphatic carbocycles. The van der Waals surface area contributed by atoms with Gasteiger partial charge in [-0.3, -0.25) is 14.4 Å². The summed E-state index contributed by atoms with van der Waals surface area (Å²) in [6.07, 6.45) is 7.35. The molecule has 1 spiro atoms. The molecule has 0 aromatic heterocycles. The Labute approximate surface area is 266 Å². The molecular weight excluding hydrogens is 568 g/mol. The largest absolute Gasteiger partial charge is 0.465 e. The number of carbonyl (C=O) groups is 3. The summed E-state index contributed by atoms with van der Waals surface area (Å²) in [7, 11) is 0. The first-order chi connectivity index (χ1) is 21.7. The first-order valence-corrected chi connectivity index (χ1v) is 16.2. The number of anilines is 1. The Morgan fingerprint density at radius 3 is 2.42 bits per heavy atom. The first-order valence-electron chi connectivity index (χ1n) is 16.2. The van der Waals surface area contributed by atoms with Gasteiger partial charge in [0.1, 0.15) is 17.6 Å². The van der Waals surface area contributed by atoms with Gasteiger partial charge in [-0.15, -0.1) is 13.2 Å². The number of esters is 1. The number of aryl methyl sites for hydroxylation is 2. The zero-order valence-corrected chi connectivity index (χ0v) is 26.7. The van der Waals surface area contributed by atoms with Crippen molar-refractivity contribution >= 4 is 23.5 Å².